The first-order valence-corrected chi connectivity index (χ1v) is 5.71. The number of nitrogens with one attached hydrogen (secondary N) is 1. The molecule has 0 unspecified atom stereocenters. The molecule has 1 aromatic carbocycles. The molecular weight excluding hydrogens is 224 g/mol. The van der Waals surface area contributed by atoms with Gasteiger partial charge in [-0.15, -0.1) is 0 Å². The van der Waals surface area contributed by atoms with Crippen molar-refractivity contribution in [2.24, 2.45) is 0 Å². The van der Waals surface area contributed by atoms with E-state index in [0.29, 0.717) is 5.71 Å². The molecule has 3 rings (SSSR count). The van der Waals surface area contributed by atoms with Crippen molar-refractivity contribution in [3.05, 3.63) is 54.4 Å². The van der Waals surface area contributed by atoms with Crippen molar-refractivity contribution in [3.63, 3.8) is 0 Å². The van der Waals surface area contributed by atoms with E-state index in [-0.39, 0.29) is 0 Å². The van der Waals surface area contributed by atoms with E-state index in [2.05, 4.69) is 10.1 Å². The smallest absolute Gasteiger partial charge is 0.154 e. The molecule has 0 saturated carbocycles. The summed E-state index contributed by atoms with van der Waals surface area (Å²) in [6.45, 7) is 1.77. The largest absolute Gasteiger partial charge is 0.305 e. The third-order valence-corrected chi connectivity index (χ3v) is 2.84. The van der Waals surface area contributed by atoms with E-state index in [4.69, 9.17) is 5.41 Å². The maximum Gasteiger partial charge on any atom is 0.154 e. The lowest BCUT2D eigenvalue weighted by molar-refractivity contribution is 0.940. The first-order chi connectivity index (χ1) is 8.75. The standard InChI is InChI=1S/C14H12N4/c1-10(15)12-9-13-16-7-8-18(13)17-14(12)11-5-3-2-4-6-11/h2-9,15H,1H3. The third-order valence-electron chi connectivity index (χ3n) is 2.84. The van der Waals surface area contributed by atoms with Crippen molar-refractivity contribution in [1.82, 2.24) is 14.6 Å². The fourth-order valence-corrected chi connectivity index (χ4v) is 1.95. The number of benzene rings is 1. The van der Waals surface area contributed by atoms with E-state index >= 15 is 0 Å². The maximum absolute atomic E-state index is 7.88. The third kappa shape index (κ3) is 1.68. The van der Waals surface area contributed by atoms with Crippen molar-refractivity contribution in [1.29, 1.82) is 5.41 Å². The van der Waals surface area contributed by atoms with Gasteiger partial charge in [0.15, 0.2) is 5.65 Å². The average molecular weight is 236 g/mol. The molecule has 2 aromatic heterocycles. The summed E-state index contributed by atoms with van der Waals surface area (Å²) in [4.78, 5) is 4.20. The van der Waals surface area contributed by atoms with Crippen LogP contribution in [0.25, 0.3) is 16.9 Å². The summed E-state index contributed by atoms with van der Waals surface area (Å²) in [5.41, 5.74) is 3.89. The fourth-order valence-electron chi connectivity index (χ4n) is 1.95. The van der Waals surface area contributed by atoms with E-state index in [0.717, 1.165) is 22.5 Å². The molecule has 1 N–H and O–H groups in total. The molecule has 2 heterocycles. The zero-order valence-electron chi connectivity index (χ0n) is 9.96. The van der Waals surface area contributed by atoms with Crippen molar-refractivity contribution >= 4 is 11.4 Å². The Morgan fingerprint density at radius 2 is 2.00 bits per heavy atom. The minimum atomic E-state index is 0.492. The Balaban J connectivity index is 2.32. The van der Waals surface area contributed by atoms with Crippen LogP contribution in [-0.2, 0) is 0 Å². The second kappa shape index (κ2) is 4.07. The Labute approximate surface area is 104 Å². The van der Waals surface area contributed by atoms with Gasteiger partial charge >= 0.3 is 0 Å². The number of imidazole rings is 1. The SMILES string of the molecule is CC(=N)c1cc2nccn2nc1-c1ccccc1. The number of hydrogen-bond donors (Lipinski definition) is 1. The number of hydrogen-bond acceptors (Lipinski definition) is 3. The van der Waals surface area contributed by atoms with Gasteiger partial charge in [-0.25, -0.2) is 9.50 Å². The van der Waals surface area contributed by atoms with Crippen LogP contribution in [0.5, 0.6) is 0 Å². The minimum Gasteiger partial charge on any atom is -0.305 e. The normalized spacial score (nSPS) is 10.7. The molecule has 18 heavy (non-hydrogen) atoms. The lowest BCUT2D eigenvalue weighted by Gasteiger charge is -2.08. The quantitative estimate of drug-likeness (QED) is 0.695. The van der Waals surface area contributed by atoms with Crippen LogP contribution < -0.4 is 0 Å². The van der Waals surface area contributed by atoms with Crippen LogP contribution in [0.3, 0.4) is 0 Å². The Bertz CT molecular complexity index is 713. The predicted octanol–water partition coefficient (Wildman–Crippen LogP) is 2.78. The van der Waals surface area contributed by atoms with Gasteiger partial charge in [0.2, 0.25) is 0 Å². The molecule has 0 bridgehead atoms. The van der Waals surface area contributed by atoms with Gasteiger partial charge in [-0.3, -0.25) is 0 Å². The summed E-state index contributed by atoms with van der Waals surface area (Å²) in [6, 6.07) is 11.8. The van der Waals surface area contributed by atoms with Crippen LogP contribution in [0, 0.1) is 5.41 Å². The highest BCUT2D eigenvalue weighted by Gasteiger charge is 2.11. The van der Waals surface area contributed by atoms with Crippen molar-refractivity contribution in [2.75, 3.05) is 0 Å². The van der Waals surface area contributed by atoms with Crippen LogP contribution in [0.1, 0.15) is 12.5 Å². The molecule has 0 aliphatic heterocycles. The molecule has 4 nitrogen and oxygen atoms in total. The summed E-state index contributed by atoms with van der Waals surface area (Å²) in [5, 5.41) is 12.4. The Morgan fingerprint density at radius 3 is 2.72 bits per heavy atom. The molecular formula is C14H12N4. The minimum absolute atomic E-state index is 0.492. The average Bonchev–Trinajstić information content (AvgIpc) is 2.85. The first kappa shape index (κ1) is 10.7. The fraction of sp³-hybridized carbons (Fsp3) is 0.0714. The molecule has 0 spiro atoms. The Hall–Kier alpha value is -2.49. The zero-order valence-corrected chi connectivity index (χ0v) is 9.96. The van der Waals surface area contributed by atoms with Crippen molar-refractivity contribution in [2.45, 2.75) is 6.92 Å². The lowest BCUT2D eigenvalue weighted by atomic mass is 10.0. The number of rotatable bonds is 2. The van der Waals surface area contributed by atoms with E-state index in [1.165, 1.54) is 0 Å². The molecule has 88 valence electrons. The van der Waals surface area contributed by atoms with Gasteiger partial charge in [0.25, 0.3) is 0 Å². The van der Waals surface area contributed by atoms with Gasteiger partial charge in [0, 0.05) is 29.2 Å². The molecule has 0 atom stereocenters. The molecule has 4 heteroatoms. The second-order valence-corrected chi connectivity index (χ2v) is 4.13. The highest BCUT2D eigenvalue weighted by molar-refractivity contribution is 6.02. The van der Waals surface area contributed by atoms with Gasteiger partial charge in [0.05, 0.1) is 0 Å². The molecule has 0 aliphatic rings. The number of aromatic nitrogens is 3. The summed E-state index contributed by atoms with van der Waals surface area (Å²) in [7, 11) is 0. The summed E-state index contributed by atoms with van der Waals surface area (Å²) in [5.74, 6) is 0. The van der Waals surface area contributed by atoms with Gasteiger partial charge in [-0.1, -0.05) is 30.3 Å². The number of fused-ring (bicyclic) bond motifs is 1. The maximum atomic E-state index is 7.88. The summed E-state index contributed by atoms with van der Waals surface area (Å²) in [6.07, 6.45) is 3.52. The van der Waals surface area contributed by atoms with Crippen molar-refractivity contribution in [3.8, 4) is 11.3 Å². The van der Waals surface area contributed by atoms with Gasteiger partial charge < -0.3 is 5.41 Å². The lowest BCUT2D eigenvalue weighted by Crippen LogP contribution is -2.03. The molecule has 0 fully saturated rings. The van der Waals surface area contributed by atoms with E-state index in [9.17, 15) is 0 Å². The van der Waals surface area contributed by atoms with E-state index < -0.39 is 0 Å². The second-order valence-electron chi connectivity index (χ2n) is 4.13. The highest BCUT2D eigenvalue weighted by atomic mass is 15.2. The predicted molar refractivity (Wildman–Crippen MR) is 70.9 cm³/mol. The molecule has 3 aromatic rings. The summed E-state index contributed by atoms with van der Waals surface area (Å²) >= 11 is 0. The monoisotopic (exact) mass is 236 g/mol. The highest BCUT2D eigenvalue weighted by Crippen LogP contribution is 2.22. The Morgan fingerprint density at radius 1 is 1.22 bits per heavy atom. The van der Waals surface area contributed by atoms with Crippen molar-refractivity contribution < 1.29 is 0 Å². The molecule has 0 aliphatic carbocycles. The molecule has 0 radical (unpaired) electrons. The van der Waals surface area contributed by atoms with Gasteiger partial charge in [0.1, 0.15) is 5.69 Å². The molecule has 0 amide bonds. The molecule has 0 saturated heterocycles. The Kier molecular flexibility index (Phi) is 2.41. The van der Waals surface area contributed by atoms with Crippen LogP contribution in [0.2, 0.25) is 0 Å². The van der Waals surface area contributed by atoms with E-state index in [1.54, 1.807) is 17.6 Å². The van der Waals surface area contributed by atoms with Crippen LogP contribution in [0.15, 0.2) is 48.8 Å². The van der Waals surface area contributed by atoms with Gasteiger partial charge in [-0.05, 0) is 13.0 Å². The van der Waals surface area contributed by atoms with E-state index in [1.807, 2.05) is 42.6 Å². The topological polar surface area (TPSA) is 54.0 Å². The zero-order chi connectivity index (χ0) is 12.5. The first-order valence-electron chi connectivity index (χ1n) is 5.71. The van der Waals surface area contributed by atoms with Gasteiger partial charge in [-0.2, -0.15) is 5.10 Å². The van der Waals surface area contributed by atoms with Crippen LogP contribution in [-0.4, -0.2) is 20.3 Å². The van der Waals surface area contributed by atoms with Crippen LogP contribution >= 0.6 is 0 Å². The summed E-state index contributed by atoms with van der Waals surface area (Å²) < 4.78 is 1.73. The van der Waals surface area contributed by atoms with Crippen LogP contribution in [0.4, 0.5) is 0 Å². The number of nitrogens with zero attached hydrogens (tertiary/aromatic N) is 3.